The minimum atomic E-state index is 0.924. The van der Waals surface area contributed by atoms with Crippen LogP contribution in [0.5, 0.6) is 0 Å². The molecule has 5 heteroatoms. The van der Waals surface area contributed by atoms with Gasteiger partial charge in [0.2, 0.25) is 0 Å². The van der Waals surface area contributed by atoms with E-state index in [2.05, 4.69) is 130 Å². The fourth-order valence-electron chi connectivity index (χ4n) is 6.68. The zero-order valence-corrected chi connectivity index (χ0v) is 24.6. The zero-order chi connectivity index (χ0) is 29.9. The van der Waals surface area contributed by atoms with E-state index in [9.17, 15) is 0 Å². The average molecular weight is 578 g/mol. The van der Waals surface area contributed by atoms with E-state index in [0.29, 0.717) is 0 Å². The van der Waals surface area contributed by atoms with E-state index in [1.807, 2.05) is 36.7 Å². The molecule has 0 N–H and O–H groups in total. The first kappa shape index (κ1) is 25.4. The van der Waals surface area contributed by atoms with E-state index in [-0.39, 0.29) is 0 Å². The van der Waals surface area contributed by atoms with Crippen LogP contribution in [0, 0.1) is 0 Å². The van der Waals surface area contributed by atoms with Gasteiger partial charge in [0.15, 0.2) is 0 Å². The first-order chi connectivity index (χ1) is 22.2. The van der Waals surface area contributed by atoms with Crippen LogP contribution in [0.2, 0.25) is 0 Å². The predicted molar refractivity (Wildman–Crippen MR) is 184 cm³/mol. The van der Waals surface area contributed by atoms with Crippen LogP contribution in [0.25, 0.3) is 83.2 Å². The number of aromatic nitrogens is 5. The molecule has 0 unspecified atom stereocenters. The number of imidazole rings is 1. The monoisotopic (exact) mass is 577 g/mol. The Morgan fingerprint density at radius 2 is 1.36 bits per heavy atom. The van der Waals surface area contributed by atoms with Crippen molar-refractivity contribution in [2.24, 2.45) is 7.05 Å². The number of aryl methyl sites for hydroxylation is 1. The lowest BCUT2D eigenvalue weighted by Gasteiger charge is -2.10. The van der Waals surface area contributed by atoms with Crippen LogP contribution in [0.4, 0.5) is 0 Å². The van der Waals surface area contributed by atoms with Gasteiger partial charge >= 0.3 is 0 Å². The SMILES string of the molecule is Cn1c(-c2ccc3c4cccnc4n(-c4cccc(-c5ccccn5)c4)c3c2)nc2cc(-c3cccc4ccccc34)ccc21. The van der Waals surface area contributed by atoms with E-state index in [4.69, 9.17) is 9.97 Å². The van der Waals surface area contributed by atoms with E-state index in [0.717, 1.165) is 61.3 Å². The molecule has 0 aliphatic heterocycles. The van der Waals surface area contributed by atoms with Crippen LogP contribution in [0.15, 0.2) is 146 Å². The number of pyridine rings is 2. The van der Waals surface area contributed by atoms with Crippen molar-refractivity contribution in [2.75, 3.05) is 0 Å². The molecule has 0 fully saturated rings. The molecule has 4 heterocycles. The summed E-state index contributed by atoms with van der Waals surface area (Å²) in [5.41, 5.74) is 10.6. The fraction of sp³-hybridized carbons (Fsp3) is 0.0250. The minimum absolute atomic E-state index is 0.924. The largest absolute Gasteiger partial charge is 0.327 e. The summed E-state index contributed by atoms with van der Waals surface area (Å²) in [5, 5.41) is 4.75. The highest BCUT2D eigenvalue weighted by molar-refractivity contribution is 6.09. The molecule has 212 valence electrons. The van der Waals surface area contributed by atoms with Crippen LogP contribution in [-0.4, -0.2) is 24.1 Å². The molecule has 4 aromatic heterocycles. The van der Waals surface area contributed by atoms with E-state index < -0.39 is 0 Å². The second kappa shape index (κ2) is 10.00. The van der Waals surface area contributed by atoms with E-state index in [1.54, 1.807) is 0 Å². The maximum absolute atomic E-state index is 5.20. The molecule has 0 radical (unpaired) electrons. The third kappa shape index (κ3) is 4.05. The van der Waals surface area contributed by atoms with E-state index in [1.165, 1.54) is 21.9 Å². The molecule has 5 nitrogen and oxygen atoms in total. The molecule has 0 bridgehead atoms. The Morgan fingerprint density at radius 3 is 2.29 bits per heavy atom. The van der Waals surface area contributed by atoms with Crippen LogP contribution in [0.1, 0.15) is 0 Å². The summed E-state index contributed by atoms with van der Waals surface area (Å²) in [6.07, 6.45) is 3.69. The molecule has 0 spiro atoms. The van der Waals surface area contributed by atoms with Crippen molar-refractivity contribution in [1.82, 2.24) is 24.1 Å². The van der Waals surface area contributed by atoms with Gasteiger partial charge in [-0.15, -0.1) is 0 Å². The Balaban J connectivity index is 1.21. The summed E-state index contributed by atoms with van der Waals surface area (Å²) in [6.45, 7) is 0. The molecule has 0 saturated carbocycles. The van der Waals surface area contributed by atoms with E-state index >= 15 is 0 Å². The normalized spacial score (nSPS) is 11.7. The highest BCUT2D eigenvalue weighted by atomic mass is 15.1. The first-order valence-electron chi connectivity index (χ1n) is 15.1. The molecule has 0 amide bonds. The van der Waals surface area contributed by atoms with Gasteiger partial charge in [-0.05, 0) is 76.5 Å². The van der Waals surface area contributed by atoms with Crippen molar-refractivity contribution >= 4 is 43.7 Å². The Morgan fingerprint density at radius 1 is 0.533 bits per heavy atom. The zero-order valence-electron chi connectivity index (χ0n) is 24.6. The number of nitrogens with zero attached hydrogens (tertiary/aromatic N) is 5. The van der Waals surface area contributed by atoms with Crippen molar-refractivity contribution in [1.29, 1.82) is 0 Å². The lowest BCUT2D eigenvalue weighted by molar-refractivity contribution is 0.959. The molecule has 0 aliphatic rings. The Labute approximate surface area is 259 Å². The average Bonchev–Trinajstić information content (AvgIpc) is 3.62. The fourth-order valence-corrected chi connectivity index (χ4v) is 6.68. The van der Waals surface area contributed by atoms with Crippen molar-refractivity contribution < 1.29 is 0 Å². The first-order valence-corrected chi connectivity index (χ1v) is 15.1. The number of hydrogen-bond donors (Lipinski definition) is 0. The van der Waals surface area contributed by atoms with Crippen LogP contribution in [0.3, 0.4) is 0 Å². The molecule has 0 aliphatic carbocycles. The number of benzene rings is 5. The summed E-state index contributed by atoms with van der Waals surface area (Å²) in [5.74, 6) is 0.925. The molecule has 5 aromatic carbocycles. The van der Waals surface area contributed by atoms with Crippen LogP contribution in [-0.2, 0) is 7.05 Å². The van der Waals surface area contributed by atoms with Gasteiger partial charge < -0.3 is 4.57 Å². The maximum atomic E-state index is 5.20. The minimum Gasteiger partial charge on any atom is -0.327 e. The van der Waals surface area contributed by atoms with Gasteiger partial charge in [-0.3, -0.25) is 9.55 Å². The second-order valence-corrected chi connectivity index (χ2v) is 11.4. The topological polar surface area (TPSA) is 48.5 Å². The number of hydrogen-bond acceptors (Lipinski definition) is 3. The van der Waals surface area contributed by atoms with Gasteiger partial charge in [-0.2, -0.15) is 0 Å². The number of rotatable bonds is 4. The van der Waals surface area contributed by atoms with Crippen molar-refractivity contribution in [3.8, 4) is 39.5 Å². The molecular weight excluding hydrogens is 550 g/mol. The van der Waals surface area contributed by atoms with Gasteiger partial charge in [0.1, 0.15) is 11.5 Å². The summed E-state index contributed by atoms with van der Waals surface area (Å²) in [6, 6.07) is 46.9. The van der Waals surface area contributed by atoms with Gasteiger partial charge in [-0.1, -0.05) is 78.9 Å². The highest BCUT2D eigenvalue weighted by Crippen LogP contribution is 2.36. The summed E-state index contributed by atoms with van der Waals surface area (Å²) >= 11 is 0. The smallest absolute Gasteiger partial charge is 0.145 e. The van der Waals surface area contributed by atoms with Gasteiger partial charge in [0, 0.05) is 47.0 Å². The van der Waals surface area contributed by atoms with Crippen molar-refractivity contribution in [3.63, 3.8) is 0 Å². The maximum Gasteiger partial charge on any atom is 0.145 e. The summed E-state index contributed by atoms with van der Waals surface area (Å²) in [4.78, 5) is 14.6. The highest BCUT2D eigenvalue weighted by Gasteiger charge is 2.17. The molecule has 45 heavy (non-hydrogen) atoms. The molecule has 0 atom stereocenters. The molecular formula is C40H27N5. The Kier molecular flexibility index (Phi) is 5.65. The molecule has 9 rings (SSSR count). The van der Waals surface area contributed by atoms with Crippen molar-refractivity contribution in [2.45, 2.75) is 0 Å². The second-order valence-electron chi connectivity index (χ2n) is 11.4. The third-order valence-corrected chi connectivity index (χ3v) is 8.83. The Hall–Kier alpha value is -6.07. The summed E-state index contributed by atoms with van der Waals surface area (Å²) < 4.78 is 4.44. The van der Waals surface area contributed by atoms with Crippen molar-refractivity contribution in [3.05, 3.63) is 146 Å². The quantitative estimate of drug-likeness (QED) is 0.209. The van der Waals surface area contributed by atoms with Gasteiger partial charge in [0.25, 0.3) is 0 Å². The summed E-state index contributed by atoms with van der Waals surface area (Å²) in [7, 11) is 2.10. The van der Waals surface area contributed by atoms with Crippen LogP contribution >= 0.6 is 0 Å². The predicted octanol–water partition coefficient (Wildman–Crippen LogP) is 9.61. The van der Waals surface area contributed by atoms with Gasteiger partial charge in [0.05, 0.1) is 22.2 Å². The lowest BCUT2D eigenvalue weighted by atomic mass is 9.98. The third-order valence-electron chi connectivity index (χ3n) is 8.83. The standard InChI is InChI=1S/C40H27N5/c1-44-37-20-18-27(32-14-7-10-26-9-2-3-13-31(26)32)24-36(37)43-39(44)29-17-19-33-34-15-8-22-42-40(34)45(38(33)25-29)30-12-6-11-28(23-30)35-16-4-5-21-41-35/h2-25H,1H3. The lowest BCUT2D eigenvalue weighted by Crippen LogP contribution is -1.97. The molecule has 0 saturated heterocycles. The van der Waals surface area contributed by atoms with Crippen LogP contribution < -0.4 is 0 Å². The Bertz CT molecular complexity index is 2550. The van der Waals surface area contributed by atoms with Gasteiger partial charge in [-0.25, -0.2) is 9.97 Å². The molecule has 9 aromatic rings. The number of fused-ring (bicyclic) bond motifs is 5.